The highest BCUT2D eigenvalue weighted by Gasteiger charge is 2.80. The van der Waals surface area contributed by atoms with Crippen LogP contribution in [0.4, 0.5) is 0 Å². The molecule has 3 unspecified atom stereocenters. The fourth-order valence-electron chi connectivity index (χ4n) is 6.70. The summed E-state index contributed by atoms with van der Waals surface area (Å²) in [5, 5.41) is 12.2. The maximum absolute atomic E-state index is 13.8. The second kappa shape index (κ2) is 10.7. The van der Waals surface area contributed by atoms with E-state index in [1.54, 1.807) is 11.8 Å². The molecule has 0 aromatic rings. The molecule has 2 N–H and O–H groups in total. The Balaban J connectivity index is 1.57. The fourth-order valence-corrected chi connectivity index (χ4v) is 6.70. The molecule has 4 heterocycles. The number of unbranched alkanes of at least 4 members (excludes halogenated alkanes) is 2. The Morgan fingerprint density at radius 2 is 1.94 bits per heavy atom. The molecule has 0 radical (unpaired) electrons. The molecular formula is C25H41N3O7. The molecule has 4 fully saturated rings. The van der Waals surface area contributed by atoms with Crippen molar-refractivity contribution in [1.29, 1.82) is 0 Å². The van der Waals surface area contributed by atoms with Crippen LogP contribution in [0.15, 0.2) is 0 Å². The van der Waals surface area contributed by atoms with Crippen molar-refractivity contribution in [2.45, 2.75) is 63.7 Å². The van der Waals surface area contributed by atoms with E-state index in [1.807, 2.05) is 13.8 Å². The van der Waals surface area contributed by atoms with Crippen molar-refractivity contribution in [2.75, 3.05) is 59.2 Å². The molecule has 10 nitrogen and oxygen atoms in total. The van der Waals surface area contributed by atoms with Crippen LogP contribution in [0, 0.1) is 17.8 Å². The Morgan fingerprint density at radius 1 is 1.20 bits per heavy atom. The number of nitrogens with zero attached hydrogens (tertiary/aromatic N) is 2. The van der Waals surface area contributed by atoms with E-state index in [0.29, 0.717) is 52.1 Å². The number of carbonyl (C=O) groups is 3. The maximum Gasteiger partial charge on any atom is 0.312 e. The third-order valence-corrected chi connectivity index (χ3v) is 8.49. The summed E-state index contributed by atoms with van der Waals surface area (Å²) in [6.45, 7) is 10.6. The number of hydrogen-bond donors (Lipinski definition) is 2. The molecule has 0 aliphatic carbocycles. The van der Waals surface area contributed by atoms with Crippen molar-refractivity contribution in [2.24, 2.45) is 17.8 Å². The third-order valence-electron chi connectivity index (χ3n) is 8.49. The first-order chi connectivity index (χ1) is 16.8. The molecule has 4 aliphatic rings. The van der Waals surface area contributed by atoms with E-state index in [9.17, 15) is 14.4 Å². The predicted molar refractivity (Wildman–Crippen MR) is 126 cm³/mol. The van der Waals surface area contributed by atoms with Gasteiger partial charge in [0.15, 0.2) is 0 Å². The SMILES string of the molecule is CCOC(=O)[C@H]1[C@H]2C(=O)N(CCCCCO)C(C(=O)NCCN3CCOCC3)C23CC(C)[C@]1(C)O3. The number of aliphatic hydroxyl groups excluding tert-OH is 1. The minimum atomic E-state index is -1.04. The molecular weight excluding hydrogens is 454 g/mol. The molecule has 0 aromatic heterocycles. The normalized spacial score (nSPS) is 36.5. The van der Waals surface area contributed by atoms with Gasteiger partial charge in [-0.25, -0.2) is 0 Å². The Kier molecular flexibility index (Phi) is 8.05. The van der Waals surface area contributed by atoms with Gasteiger partial charge >= 0.3 is 5.97 Å². The van der Waals surface area contributed by atoms with Crippen molar-refractivity contribution in [3.63, 3.8) is 0 Å². The molecule has 4 aliphatic heterocycles. The number of likely N-dealkylation sites (tertiary alicyclic amines) is 1. The van der Waals surface area contributed by atoms with Crippen molar-refractivity contribution >= 4 is 17.8 Å². The van der Waals surface area contributed by atoms with Gasteiger partial charge in [0.25, 0.3) is 0 Å². The summed E-state index contributed by atoms with van der Waals surface area (Å²) >= 11 is 0. The number of amides is 2. The maximum atomic E-state index is 13.8. The van der Waals surface area contributed by atoms with Gasteiger partial charge in [-0.3, -0.25) is 19.3 Å². The van der Waals surface area contributed by atoms with Gasteiger partial charge in [-0.2, -0.15) is 0 Å². The van der Waals surface area contributed by atoms with E-state index < -0.39 is 35.0 Å². The first-order valence-electron chi connectivity index (χ1n) is 13.2. The number of ether oxygens (including phenoxy) is 3. The third kappa shape index (κ3) is 4.58. The summed E-state index contributed by atoms with van der Waals surface area (Å²) in [5.74, 6) is -2.30. The average molecular weight is 496 g/mol. The predicted octanol–water partition coefficient (Wildman–Crippen LogP) is 0.171. The Labute approximate surface area is 207 Å². The van der Waals surface area contributed by atoms with Crippen LogP contribution in [-0.2, 0) is 28.6 Å². The average Bonchev–Trinajstić information content (AvgIpc) is 3.34. The van der Waals surface area contributed by atoms with Crippen molar-refractivity contribution in [1.82, 2.24) is 15.1 Å². The molecule has 4 saturated heterocycles. The van der Waals surface area contributed by atoms with Crippen LogP contribution < -0.4 is 5.32 Å². The van der Waals surface area contributed by atoms with E-state index in [1.165, 1.54) is 0 Å². The van der Waals surface area contributed by atoms with E-state index in [4.69, 9.17) is 19.3 Å². The van der Waals surface area contributed by atoms with Gasteiger partial charge in [0.2, 0.25) is 11.8 Å². The Morgan fingerprint density at radius 3 is 2.63 bits per heavy atom. The van der Waals surface area contributed by atoms with Gasteiger partial charge in [-0.05, 0) is 45.4 Å². The lowest BCUT2D eigenvalue weighted by Gasteiger charge is -2.35. The molecule has 2 bridgehead atoms. The molecule has 0 saturated carbocycles. The van der Waals surface area contributed by atoms with E-state index in [0.717, 1.165) is 19.5 Å². The zero-order valence-corrected chi connectivity index (χ0v) is 21.3. The van der Waals surface area contributed by atoms with Gasteiger partial charge in [0.05, 0.1) is 31.3 Å². The number of fused-ring (bicyclic) bond motifs is 1. The number of nitrogens with one attached hydrogen (secondary N) is 1. The summed E-state index contributed by atoms with van der Waals surface area (Å²) in [6.07, 6.45) is 2.61. The van der Waals surface area contributed by atoms with Crippen molar-refractivity contribution in [3.8, 4) is 0 Å². The molecule has 2 amide bonds. The summed E-state index contributed by atoms with van der Waals surface area (Å²) in [7, 11) is 0. The van der Waals surface area contributed by atoms with Gasteiger partial charge in [-0.15, -0.1) is 0 Å². The number of hydrogen-bond acceptors (Lipinski definition) is 8. The fraction of sp³-hybridized carbons (Fsp3) is 0.880. The van der Waals surface area contributed by atoms with Crippen LogP contribution in [0.25, 0.3) is 0 Å². The van der Waals surface area contributed by atoms with Gasteiger partial charge in [0.1, 0.15) is 17.6 Å². The molecule has 6 atom stereocenters. The first kappa shape index (κ1) is 26.3. The summed E-state index contributed by atoms with van der Waals surface area (Å²) in [6, 6.07) is -0.789. The second-order valence-electron chi connectivity index (χ2n) is 10.5. The van der Waals surface area contributed by atoms with E-state index >= 15 is 0 Å². The molecule has 4 rings (SSSR count). The lowest BCUT2D eigenvalue weighted by atomic mass is 9.62. The van der Waals surface area contributed by atoms with Crippen LogP contribution in [0.2, 0.25) is 0 Å². The minimum absolute atomic E-state index is 0.000977. The monoisotopic (exact) mass is 495 g/mol. The molecule has 198 valence electrons. The number of aliphatic hydroxyl groups is 1. The van der Waals surface area contributed by atoms with Crippen LogP contribution in [0.5, 0.6) is 0 Å². The summed E-state index contributed by atoms with van der Waals surface area (Å²) in [5.41, 5.74) is -1.88. The second-order valence-corrected chi connectivity index (χ2v) is 10.5. The molecule has 1 spiro atoms. The Bertz CT molecular complexity index is 804. The Hall–Kier alpha value is -1.75. The van der Waals surface area contributed by atoms with Crippen molar-refractivity contribution < 1.29 is 33.7 Å². The highest BCUT2D eigenvalue weighted by molar-refractivity contribution is 5.98. The lowest BCUT2D eigenvalue weighted by molar-refractivity contribution is -0.161. The highest BCUT2D eigenvalue weighted by Crippen LogP contribution is 2.65. The topological polar surface area (TPSA) is 118 Å². The van der Waals surface area contributed by atoms with Crippen LogP contribution >= 0.6 is 0 Å². The van der Waals surface area contributed by atoms with Crippen molar-refractivity contribution in [3.05, 3.63) is 0 Å². The minimum Gasteiger partial charge on any atom is -0.466 e. The number of carbonyl (C=O) groups excluding carboxylic acids is 3. The van der Waals surface area contributed by atoms with E-state index in [2.05, 4.69) is 10.2 Å². The lowest BCUT2D eigenvalue weighted by Crippen LogP contribution is -2.56. The highest BCUT2D eigenvalue weighted by atomic mass is 16.6. The van der Waals surface area contributed by atoms with E-state index in [-0.39, 0.29) is 30.9 Å². The smallest absolute Gasteiger partial charge is 0.312 e. The number of morpholine rings is 1. The zero-order chi connectivity index (χ0) is 25.2. The number of esters is 1. The van der Waals surface area contributed by atoms with Crippen LogP contribution in [0.3, 0.4) is 0 Å². The van der Waals surface area contributed by atoms with Gasteiger partial charge < -0.3 is 29.5 Å². The summed E-state index contributed by atoms with van der Waals surface area (Å²) in [4.78, 5) is 44.5. The standard InChI is InChI=1S/C25H41N3O7/c1-4-34-23(32)19-18-22(31)28(9-6-5-7-13-29)20(25(18)16-17(2)24(19,3)35-25)21(30)26-8-10-27-11-14-33-15-12-27/h17-20,29H,4-16H2,1-3H3,(H,26,30)/t17?,18-,19+,20?,24-,25?/m0/s1. The van der Waals surface area contributed by atoms with Crippen LogP contribution in [0.1, 0.15) is 46.5 Å². The van der Waals surface area contributed by atoms with Crippen LogP contribution in [-0.4, -0.2) is 109 Å². The number of rotatable bonds is 11. The molecule has 10 heteroatoms. The molecule has 35 heavy (non-hydrogen) atoms. The largest absolute Gasteiger partial charge is 0.466 e. The summed E-state index contributed by atoms with van der Waals surface area (Å²) < 4.78 is 17.4. The van der Waals surface area contributed by atoms with Gasteiger partial charge in [0, 0.05) is 39.3 Å². The van der Waals surface area contributed by atoms with Gasteiger partial charge in [-0.1, -0.05) is 6.92 Å². The first-order valence-corrected chi connectivity index (χ1v) is 13.2. The zero-order valence-electron chi connectivity index (χ0n) is 21.3. The molecule has 0 aromatic carbocycles. The quantitative estimate of drug-likeness (QED) is 0.308.